The molecule has 3 heterocycles. The first-order valence-corrected chi connectivity index (χ1v) is 15.2. The van der Waals surface area contributed by atoms with Gasteiger partial charge in [-0.3, -0.25) is 4.98 Å². The fourth-order valence-corrected chi connectivity index (χ4v) is 6.74. The highest BCUT2D eigenvalue weighted by Crippen LogP contribution is 2.51. The molecule has 210 valence electrons. The summed E-state index contributed by atoms with van der Waals surface area (Å²) in [5, 5.41) is 3.50. The molecule has 0 atom stereocenters. The Balaban J connectivity index is 1.25. The summed E-state index contributed by atoms with van der Waals surface area (Å²) in [6.07, 6.45) is 3.83. The van der Waals surface area contributed by atoms with E-state index in [0.717, 1.165) is 44.6 Å². The van der Waals surface area contributed by atoms with Gasteiger partial charge in [0.05, 0.1) is 28.8 Å². The van der Waals surface area contributed by atoms with Crippen molar-refractivity contribution in [2.24, 2.45) is 0 Å². The summed E-state index contributed by atoms with van der Waals surface area (Å²) in [6.45, 7) is 0. The molecule has 0 aliphatic carbocycles. The molecule has 0 N–H and O–H groups in total. The van der Waals surface area contributed by atoms with Crippen molar-refractivity contribution in [1.29, 1.82) is 0 Å². The van der Waals surface area contributed by atoms with Crippen molar-refractivity contribution >= 4 is 38.7 Å². The van der Waals surface area contributed by atoms with Crippen molar-refractivity contribution in [2.75, 3.05) is 4.90 Å². The van der Waals surface area contributed by atoms with Crippen LogP contribution in [0, 0.1) is 0 Å². The van der Waals surface area contributed by atoms with Crippen LogP contribution in [-0.4, -0.2) is 9.97 Å². The van der Waals surface area contributed by atoms with E-state index >= 15 is 0 Å². The van der Waals surface area contributed by atoms with E-state index in [1.807, 2.05) is 12.4 Å². The first kappa shape index (κ1) is 25.4. The van der Waals surface area contributed by atoms with Crippen LogP contribution in [0.5, 0.6) is 0 Å². The molecular formula is C42H27N3. The minimum absolute atomic E-state index is 0.986. The molecule has 0 saturated heterocycles. The Labute approximate surface area is 261 Å². The number of benzene rings is 6. The van der Waals surface area contributed by atoms with Gasteiger partial charge in [0, 0.05) is 28.2 Å². The standard InChI is InChI=1S/C42H27N3/c1-3-10-28(11-4-1)30-14-7-15-31(24-30)33-20-21-38-37(26-33)35-18-9-19-39-41(35)42(44-38)36-22-23-43-27-40(36)45(39)34-17-8-16-32(25-34)29-12-5-2-6-13-29/h1-27H. The fraction of sp³-hybridized carbons (Fsp3) is 0. The van der Waals surface area contributed by atoms with Crippen LogP contribution < -0.4 is 4.90 Å². The van der Waals surface area contributed by atoms with Crippen LogP contribution >= 0.6 is 0 Å². The van der Waals surface area contributed by atoms with E-state index in [9.17, 15) is 0 Å². The van der Waals surface area contributed by atoms with Crippen LogP contribution in [0.25, 0.3) is 66.3 Å². The summed E-state index contributed by atoms with van der Waals surface area (Å²) in [5.41, 5.74) is 13.5. The lowest BCUT2D eigenvalue weighted by Gasteiger charge is -2.33. The molecule has 1 aliphatic rings. The van der Waals surface area contributed by atoms with Gasteiger partial charge >= 0.3 is 0 Å². The molecular weight excluding hydrogens is 546 g/mol. The summed E-state index contributed by atoms with van der Waals surface area (Å²) in [4.78, 5) is 12.2. The molecule has 6 aromatic carbocycles. The topological polar surface area (TPSA) is 29.0 Å². The predicted octanol–water partition coefficient (Wildman–Crippen LogP) is 11.2. The maximum atomic E-state index is 5.31. The third-order valence-electron chi connectivity index (χ3n) is 8.85. The highest BCUT2D eigenvalue weighted by molar-refractivity contribution is 6.20. The molecule has 3 nitrogen and oxygen atoms in total. The van der Waals surface area contributed by atoms with E-state index in [4.69, 9.17) is 4.98 Å². The molecule has 0 fully saturated rings. The third-order valence-corrected chi connectivity index (χ3v) is 8.85. The number of anilines is 3. The molecule has 0 unspecified atom stereocenters. The Kier molecular flexibility index (Phi) is 5.82. The molecule has 2 aromatic heterocycles. The number of hydrogen-bond acceptors (Lipinski definition) is 3. The number of pyridine rings is 2. The zero-order valence-electron chi connectivity index (χ0n) is 24.4. The number of hydrogen-bond donors (Lipinski definition) is 0. The van der Waals surface area contributed by atoms with E-state index in [0.29, 0.717) is 0 Å². The van der Waals surface area contributed by atoms with Gasteiger partial charge in [-0.25, -0.2) is 4.98 Å². The van der Waals surface area contributed by atoms with Crippen LogP contribution in [-0.2, 0) is 0 Å². The summed E-state index contributed by atoms with van der Waals surface area (Å²) in [7, 11) is 0. The largest absolute Gasteiger partial charge is 0.308 e. The average Bonchev–Trinajstić information content (AvgIpc) is 3.12. The van der Waals surface area contributed by atoms with Crippen LogP contribution in [0.4, 0.5) is 17.1 Å². The van der Waals surface area contributed by atoms with Gasteiger partial charge in [-0.2, -0.15) is 0 Å². The number of nitrogens with zero attached hydrogens (tertiary/aromatic N) is 3. The maximum Gasteiger partial charge on any atom is 0.0831 e. The quantitative estimate of drug-likeness (QED) is 0.196. The van der Waals surface area contributed by atoms with Gasteiger partial charge in [0.15, 0.2) is 0 Å². The number of fused-ring (bicyclic) bond motifs is 4. The zero-order chi connectivity index (χ0) is 29.7. The second-order valence-corrected chi connectivity index (χ2v) is 11.5. The van der Waals surface area contributed by atoms with Gasteiger partial charge in [0.25, 0.3) is 0 Å². The van der Waals surface area contributed by atoms with E-state index < -0.39 is 0 Å². The SMILES string of the molecule is c1ccc(-c2cccc(-c3ccc4nc5c6c(cccc6c4c3)N(c3cccc(-c4ccccc4)c3)c3cnccc3-5)c2)cc1. The molecule has 9 rings (SSSR count). The van der Waals surface area contributed by atoms with Gasteiger partial charge in [0.2, 0.25) is 0 Å². The molecule has 0 saturated carbocycles. The van der Waals surface area contributed by atoms with Gasteiger partial charge in [-0.05, 0) is 81.2 Å². The molecule has 0 spiro atoms. The normalized spacial score (nSPS) is 12.0. The molecule has 3 heteroatoms. The second kappa shape index (κ2) is 10.3. The second-order valence-electron chi connectivity index (χ2n) is 11.5. The Morgan fingerprint density at radius 3 is 1.87 bits per heavy atom. The van der Waals surface area contributed by atoms with E-state index in [2.05, 4.69) is 162 Å². The molecule has 0 radical (unpaired) electrons. The molecule has 8 aromatic rings. The van der Waals surface area contributed by atoms with Gasteiger partial charge in [-0.1, -0.05) is 109 Å². The lowest BCUT2D eigenvalue weighted by molar-refractivity contribution is 1.21. The van der Waals surface area contributed by atoms with Gasteiger partial charge in [-0.15, -0.1) is 0 Å². The zero-order valence-corrected chi connectivity index (χ0v) is 24.4. The Morgan fingerprint density at radius 1 is 0.444 bits per heavy atom. The summed E-state index contributed by atoms with van der Waals surface area (Å²) >= 11 is 0. The van der Waals surface area contributed by atoms with E-state index in [1.54, 1.807) is 0 Å². The molecule has 0 bridgehead atoms. The fourth-order valence-electron chi connectivity index (χ4n) is 6.74. The highest BCUT2D eigenvalue weighted by atomic mass is 15.2. The minimum Gasteiger partial charge on any atom is -0.308 e. The lowest BCUT2D eigenvalue weighted by Crippen LogP contribution is -2.16. The van der Waals surface area contributed by atoms with Crippen molar-refractivity contribution in [3.05, 3.63) is 164 Å². The van der Waals surface area contributed by atoms with Gasteiger partial charge < -0.3 is 4.90 Å². The molecule has 45 heavy (non-hydrogen) atoms. The summed E-state index contributed by atoms with van der Waals surface area (Å²) in [6, 6.07) is 54.0. The third kappa shape index (κ3) is 4.21. The Bertz CT molecular complexity index is 2380. The predicted molar refractivity (Wildman–Crippen MR) is 187 cm³/mol. The first-order valence-electron chi connectivity index (χ1n) is 15.2. The van der Waals surface area contributed by atoms with Crippen molar-refractivity contribution in [1.82, 2.24) is 9.97 Å². The van der Waals surface area contributed by atoms with Crippen LogP contribution in [0.2, 0.25) is 0 Å². The molecule has 1 aliphatic heterocycles. The van der Waals surface area contributed by atoms with Crippen LogP contribution in [0.15, 0.2) is 164 Å². The summed E-state index contributed by atoms with van der Waals surface area (Å²) < 4.78 is 0. The van der Waals surface area contributed by atoms with Crippen molar-refractivity contribution in [2.45, 2.75) is 0 Å². The minimum atomic E-state index is 0.986. The van der Waals surface area contributed by atoms with Crippen molar-refractivity contribution < 1.29 is 0 Å². The van der Waals surface area contributed by atoms with E-state index in [1.165, 1.54) is 38.8 Å². The van der Waals surface area contributed by atoms with Gasteiger partial charge in [0.1, 0.15) is 0 Å². The lowest BCUT2D eigenvalue weighted by atomic mass is 9.92. The first-order chi connectivity index (χ1) is 22.3. The Hall–Kier alpha value is -6.06. The monoisotopic (exact) mass is 573 g/mol. The Morgan fingerprint density at radius 2 is 1.09 bits per heavy atom. The highest BCUT2D eigenvalue weighted by Gasteiger charge is 2.28. The summed E-state index contributed by atoms with van der Waals surface area (Å²) in [5.74, 6) is 0. The number of rotatable bonds is 4. The van der Waals surface area contributed by atoms with E-state index in [-0.39, 0.29) is 0 Å². The molecule has 0 amide bonds. The number of aromatic nitrogens is 2. The maximum absolute atomic E-state index is 5.31. The average molecular weight is 574 g/mol. The van der Waals surface area contributed by atoms with Crippen molar-refractivity contribution in [3.63, 3.8) is 0 Å². The van der Waals surface area contributed by atoms with Crippen LogP contribution in [0.3, 0.4) is 0 Å². The van der Waals surface area contributed by atoms with Crippen molar-refractivity contribution in [3.8, 4) is 44.6 Å². The smallest absolute Gasteiger partial charge is 0.0831 e. The van der Waals surface area contributed by atoms with Crippen LogP contribution in [0.1, 0.15) is 0 Å².